The van der Waals surface area contributed by atoms with Crippen molar-refractivity contribution in [3.63, 3.8) is 0 Å². The zero-order valence-corrected chi connectivity index (χ0v) is 11.4. The van der Waals surface area contributed by atoms with Gasteiger partial charge >= 0.3 is 0 Å². The third kappa shape index (κ3) is 1.90. The molecule has 0 N–H and O–H groups in total. The fraction of sp³-hybridized carbons (Fsp3) is 0. The topological polar surface area (TPSA) is 0 Å². The molecular weight excluding hydrogens is 259 g/mol. The lowest BCUT2D eigenvalue weighted by molar-refractivity contribution is 0.633. The Morgan fingerprint density at radius 2 is 1.14 bits per heavy atom. The van der Waals surface area contributed by atoms with E-state index < -0.39 is 0 Å². The third-order valence-corrected chi connectivity index (χ3v) is 3.94. The summed E-state index contributed by atoms with van der Waals surface area (Å²) in [4.78, 5) is 0. The van der Waals surface area contributed by atoms with Crippen LogP contribution < -0.4 is 0 Å². The second-order valence-electron chi connectivity index (χ2n) is 5.17. The molecular formula is C20H13F. The van der Waals surface area contributed by atoms with Crippen LogP contribution in [0.4, 0.5) is 4.39 Å². The number of fused-ring (bicyclic) bond motifs is 2. The van der Waals surface area contributed by atoms with Crippen LogP contribution >= 0.6 is 0 Å². The number of rotatable bonds is 1. The molecule has 0 atom stereocenters. The van der Waals surface area contributed by atoms with Gasteiger partial charge in [-0.1, -0.05) is 72.8 Å². The van der Waals surface area contributed by atoms with Gasteiger partial charge in [0.1, 0.15) is 5.82 Å². The molecule has 21 heavy (non-hydrogen) atoms. The first-order valence-electron chi connectivity index (χ1n) is 7.00. The summed E-state index contributed by atoms with van der Waals surface area (Å²) >= 11 is 0. The summed E-state index contributed by atoms with van der Waals surface area (Å²) < 4.78 is 14.5. The number of hydrogen-bond donors (Lipinski definition) is 0. The Hall–Kier alpha value is -2.67. The smallest absolute Gasteiger partial charge is 0.131 e. The predicted molar refractivity (Wildman–Crippen MR) is 86.8 cm³/mol. The fourth-order valence-corrected chi connectivity index (χ4v) is 2.96. The predicted octanol–water partition coefficient (Wildman–Crippen LogP) is 5.80. The van der Waals surface area contributed by atoms with Crippen LogP contribution in [0, 0.1) is 5.82 Å². The van der Waals surface area contributed by atoms with Crippen molar-refractivity contribution in [2.24, 2.45) is 0 Å². The van der Waals surface area contributed by atoms with Gasteiger partial charge in [0.05, 0.1) is 0 Å². The van der Waals surface area contributed by atoms with Gasteiger partial charge in [-0.25, -0.2) is 4.39 Å². The molecule has 0 spiro atoms. The van der Waals surface area contributed by atoms with E-state index in [0.29, 0.717) is 5.56 Å². The highest BCUT2D eigenvalue weighted by atomic mass is 19.1. The molecule has 1 heteroatoms. The van der Waals surface area contributed by atoms with Crippen LogP contribution in [-0.2, 0) is 0 Å². The molecule has 0 bridgehead atoms. The summed E-state index contributed by atoms with van der Waals surface area (Å²) in [7, 11) is 0. The van der Waals surface area contributed by atoms with Crippen molar-refractivity contribution in [3.8, 4) is 11.1 Å². The van der Waals surface area contributed by atoms with Gasteiger partial charge in [0, 0.05) is 5.56 Å². The minimum absolute atomic E-state index is 0.176. The van der Waals surface area contributed by atoms with Crippen molar-refractivity contribution in [3.05, 3.63) is 84.7 Å². The van der Waals surface area contributed by atoms with E-state index in [1.165, 1.54) is 0 Å². The minimum Gasteiger partial charge on any atom is -0.206 e. The maximum absolute atomic E-state index is 14.5. The molecule has 4 aromatic rings. The van der Waals surface area contributed by atoms with Gasteiger partial charge in [-0.2, -0.15) is 0 Å². The highest BCUT2D eigenvalue weighted by molar-refractivity contribution is 6.05. The van der Waals surface area contributed by atoms with E-state index >= 15 is 0 Å². The Labute approximate surface area is 122 Å². The molecule has 0 radical (unpaired) electrons. The SMILES string of the molecule is Fc1ccc2ccccc2c1-c1cccc2ccccc12. The third-order valence-electron chi connectivity index (χ3n) is 3.94. The van der Waals surface area contributed by atoms with E-state index in [4.69, 9.17) is 0 Å². The molecule has 0 fully saturated rings. The quantitative estimate of drug-likeness (QED) is 0.411. The van der Waals surface area contributed by atoms with E-state index in [-0.39, 0.29) is 5.82 Å². The molecule has 0 saturated heterocycles. The van der Waals surface area contributed by atoms with Crippen LogP contribution in [0.15, 0.2) is 78.9 Å². The Morgan fingerprint density at radius 1 is 0.524 bits per heavy atom. The van der Waals surface area contributed by atoms with Gasteiger partial charge in [0.2, 0.25) is 0 Å². The Kier molecular flexibility index (Phi) is 2.71. The Balaban J connectivity index is 2.16. The van der Waals surface area contributed by atoms with Crippen LogP contribution in [0.1, 0.15) is 0 Å². The molecule has 0 unspecified atom stereocenters. The van der Waals surface area contributed by atoms with Crippen LogP contribution in [0.5, 0.6) is 0 Å². The number of hydrogen-bond acceptors (Lipinski definition) is 0. The fourth-order valence-electron chi connectivity index (χ4n) is 2.96. The highest BCUT2D eigenvalue weighted by Crippen LogP contribution is 2.35. The highest BCUT2D eigenvalue weighted by Gasteiger charge is 2.12. The molecule has 0 aliphatic carbocycles. The molecule has 0 saturated carbocycles. The Bertz CT molecular complexity index is 949. The Morgan fingerprint density at radius 3 is 1.95 bits per heavy atom. The first-order valence-corrected chi connectivity index (χ1v) is 7.00. The van der Waals surface area contributed by atoms with Gasteiger partial charge in [-0.3, -0.25) is 0 Å². The van der Waals surface area contributed by atoms with Crippen molar-refractivity contribution >= 4 is 21.5 Å². The lowest BCUT2D eigenvalue weighted by Crippen LogP contribution is -1.88. The van der Waals surface area contributed by atoms with E-state index in [0.717, 1.165) is 27.1 Å². The standard InChI is InChI=1S/C20H13F/c21-19-13-12-15-7-2-4-10-17(15)20(19)18-11-5-8-14-6-1-3-9-16(14)18/h1-13H. The average molecular weight is 272 g/mol. The molecule has 0 aliphatic rings. The molecule has 4 aromatic carbocycles. The molecule has 100 valence electrons. The van der Waals surface area contributed by atoms with Crippen molar-refractivity contribution in [2.75, 3.05) is 0 Å². The second-order valence-corrected chi connectivity index (χ2v) is 5.17. The zero-order chi connectivity index (χ0) is 14.2. The summed E-state index contributed by atoms with van der Waals surface area (Å²) in [6, 6.07) is 25.5. The van der Waals surface area contributed by atoms with Crippen molar-refractivity contribution in [1.29, 1.82) is 0 Å². The van der Waals surface area contributed by atoms with Gasteiger partial charge in [-0.15, -0.1) is 0 Å². The summed E-state index contributed by atoms with van der Waals surface area (Å²) in [5, 5.41) is 4.22. The second kappa shape index (κ2) is 4.71. The molecule has 0 amide bonds. The van der Waals surface area contributed by atoms with Gasteiger partial charge in [0.15, 0.2) is 0 Å². The van der Waals surface area contributed by atoms with E-state index in [1.807, 2.05) is 60.7 Å². The van der Waals surface area contributed by atoms with Crippen LogP contribution in [-0.4, -0.2) is 0 Å². The first kappa shape index (κ1) is 12.1. The van der Waals surface area contributed by atoms with Gasteiger partial charge in [-0.05, 0) is 33.2 Å². The monoisotopic (exact) mass is 272 g/mol. The van der Waals surface area contributed by atoms with Crippen LogP contribution in [0.25, 0.3) is 32.7 Å². The average Bonchev–Trinajstić information content (AvgIpc) is 2.54. The lowest BCUT2D eigenvalue weighted by Gasteiger charge is -2.11. The lowest BCUT2D eigenvalue weighted by atomic mass is 9.93. The molecule has 0 heterocycles. The van der Waals surface area contributed by atoms with Crippen molar-refractivity contribution in [2.45, 2.75) is 0 Å². The van der Waals surface area contributed by atoms with Crippen molar-refractivity contribution in [1.82, 2.24) is 0 Å². The van der Waals surface area contributed by atoms with E-state index in [1.54, 1.807) is 6.07 Å². The summed E-state index contributed by atoms with van der Waals surface area (Å²) in [5.41, 5.74) is 1.63. The molecule has 0 aromatic heterocycles. The van der Waals surface area contributed by atoms with Gasteiger partial charge < -0.3 is 0 Å². The minimum atomic E-state index is -0.176. The van der Waals surface area contributed by atoms with Crippen LogP contribution in [0.3, 0.4) is 0 Å². The maximum Gasteiger partial charge on any atom is 0.131 e. The number of benzene rings is 4. The van der Waals surface area contributed by atoms with E-state index in [2.05, 4.69) is 12.1 Å². The van der Waals surface area contributed by atoms with Crippen molar-refractivity contribution < 1.29 is 4.39 Å². The summed E-state index contributed by atoms with van der Waals surface area (Å²) in [5.74, 6) is -0.176. The zero-order valence-electron chi connectivity index (χ0n) is 11.4. The van der Waals surface area contributed by atoms with E-state index in [9.17, 15) is 4.39 Å². The largest absolute Gasteiger partial charge is 0.206 e. The van der Waals surface area contributed by atoms with Crippen LogP contribution in [0.2, 0.25) is 0 Å². The number of halogens is 1. The summed E-state index contributed by atoms with van der Waals surface area (Å²) in [6.45, 7) is 0. The first-order chi connectivity index (χ1) is 10.3. The normalized spacial score (nSPS) is 11.1. The molecule has 0 aliphatic heterocycles. The maximum atomic E-state index is 14.5. The summed E-state index contributed by atoms with van der Waals surface area (Å²) in [6.07, 6.45) is 0. The molecule has 4 rings (SSSR count). The molecule has 0 nitrogen and oxygen atoms in total. The van der Waals surface area contributed by atoms with Gasteiger partial charge in [0.25, 0.3) is 0 Å².